The van der Waals surface area contributed by atoms with Crippen LogP contribution in [0.15, 0.2) is 72.8 Å². The van der Waals surface area contributed by atoms with Gasteiger partial charge in [0, 0.05) is 22.6 Å². The highest BCUT2D eigenvalue weighted by Crippen LogP contribution is 2.37. The predicted molar refractivity (Wildman–Crippen MR) is 168 cm³/mol. The largest absolute Gasteiger partial charge is 0.462 e. The number of esters is 2. The number of carbonyl (C=O) groups excluding carboxylic acids is 2. The van der Waals surface area contributed by atoms with E-state index in [1.807, 2.05) is 24.3 Å². The van der Waals surface area contributed by atoms with Gasteiger partial charge in [-0.15, -0.1) is 0 Å². The van der Waals surface area contributed by atoms with Crippen LogP contribution in [0.5, 0.6) is 0 Å². The predicted octanol–water partition coefficient (Wildman–Crippen LogP) is 7.31. The third-order valence-corrected chi connectivity index (χ3v) is 8.00. The van der Waals surface area contributed by atoms with Gasteiger partial charge in [0.05, 0.1) is 25.4 Å². The summed E-state index contributed by atoms with van der Waals surface area (Å²) in [5.41, 5.74) is 4.62. The van der Waals surface area contributed by atoms with Crippen molar-refractivity contribution in [1.82, 2.24) is 0 Å². The molecular formula is C37H46O5. The molecule has 5 heteroatoms. The molecule has 0 amide bonds. The molecule has 3 rings (SSSR count). The quantitative estimate of drug-likeness (QED) is 0.112. The fraction of sp³-hybridized carbons (Fsp3) is 0.459. The molecule has 0 saturated heterocycles. The Labute approximate surface area is 252 Å². The van der Waals surface area contributed by atoms with Crippen LogP contribution in [0.2, 0.25) is 0 Å². The van der Waals surface area contributed by atoms with Crippen molar-refractivity contribution in [2.75, 3.05) is 19.8 Å². The van der Waals surface area contributed by atoms with Gasteiger partial charge in [0.15, 0.2) is 0 Å². The van der Waals surface area contributed by atoms with E-state index in [-0.39, 0.29) is 24.7 Å². The average Bonchev–Trinajstić information content (AvgIpc) is 3.01. The fourth-order valence-electron chi connectivity index (χ4n) is 5.35. The van der Waals surface area contributed by atoms with E-state index < -0.39 is 18.5 Å². The molecule has 0 heterocycles. The van der Waals surface area contributed by atoms with Gasteiger partial charge < -0.3 is 14.6 Å². The van der Waals surface area contributed by atoms with E-state index in [4.69, 9.17) is 14.6 Å². The highest BCUT2D eigenvalue weighted by Gasteiger charge is 2.22. The Bertz CT molecular complexity index is 1240. The van der Waals surface area contributed by atoms with Gasteiger partial charge in [-0.1, -0.05) is 81.9 Å². The minimum atomic E-state index is -0.669. The van der Waals surface area contributed by atoms with Crippen molar-refractivity contribution in [3.05, 3.63) is 95.1 Å². The van der Waals surface area contributed by atoms with Crippen molar-refractivity contribution in [3.8, 4) is 11.8 Å². The zero-order chi connectivity index (χ0) is 30.3. The summed E-state index contributed by atoms with van der Waals surface area (Å²) in [6.07, 6.45) is 11.3. The standard InChI is InChI=1S/C37H46O5/c1-5-6-7-8-29-15-19-34(20-16-29)35-21-17-31(18-22-35)10-9-30-11-13-32(14-12-30)23-33(25-41-36(39)27(2)3)26-42-37(40)28(4)24-38/h11-14,17-18,21-22,29,33-34,38H,2,4-8,15-16,19-20,23-26H2,1,3H3. The van der Waals surface area contributed by atoms with E-state index in [1.165, 1.54) is 56.9 Å². The minimum Gasteiger partial charge on any atom is -0.462 e. The average molecular weight is 571 g/mol. The summed E-state index contributed by atoms with van der Waals surface area (Å²) < 4.78 is 10.6. The number of carbonyl (C=O) groups is 2. The van der Waals surface area contributed by atoms with E-state index in [0.29, 0.717) is 17.9 Å². The lowest BCUT2D eigenvalue weighted by atomic mass is 9.77. The molecule has 1 aliphatic rings. The monoisotopic (exact) mass is 570 g/mol. The summed E-state index contributed by atoms with van der Waals surface area (Å²) in [7, 11) is 0. The molecule has 1 N–H and O–H groups in total. The molecule has 1 aliphatic carbocycles. The number of ether oxygens (including phenoxy) is 2. The Morgan fingerprint density at radius 1 is 0.881 bits per heavy atom. The minimum absolute atomic E-state index is 0.0226. The molecule has 1 saturated carbocycles. The van der Waals surface area contributed by atoms with E-state index in [0.717, 1.165) is 22.6 Å². The number of aliphatic hydroxyl groups excluding tert-OH is 1. The van der Waals surface area contributed by atoms with Crippen LogP contribution >= 0.6 is 0 Å². The maximum Gasteiger partial charge on any atom is 0.335 e. The van der Waals surface area contributed by atoms with Crippen molar-refractivity contribution in [3.63, 3.8) is 0 Å². The Kier molecular flexibility index (Phi) is 13.6. The lowest BCUT2D eigenvalue weighted by Crippen LogP contribution is -2.24. The summed E-state index contributed by atoms with van der Waals surface area (Å²) in [6, 6.07) is 16.7. The van der Waals surface area contributed by atoms with Crippen LogP contribution in [0, 0.1) is 23.7 Å². The molecule has 0 aliphatic heterocycles. The lowest BCUT2D eigenvalue weighted by Gasteiger charge is -2.29. The number of hydrogen-bond donors (Lipinski definition) is 1. The summed E-state index contributed by atoms with van der Waals surface area (Å²) in [5, 5.41) is 9.10. The molecule has 0 bridgehead atoms. The van der Waals surface area contributed by atoms with Crippen LogP contribution in [0.25, 0.3) is 0 Å². The molecular weight excluding hydrogens is 524 g/mol. The maximum atomic E-state index is 11.9. The SMILES string of the molecule is C=C(C)C(=O)OCC(COC(=O)C(=C)CO)Cc1ccc(C#Cc2ccc(C3CCC(CCCCC)CC3)cc2)cc1. The highest BCUT2D eigenvalue weighted by atomic mass is 16.5. The molecule has 1 fully saturated rings. The Hall–Kier alpha value is -3.62. The van der Waals surface area contributed by atoms with E-state index in [9.17, 15) is 9.59 Å². The third kappa shape index (κ3) is 11.0. The smallest absolute Gasteiger partial charge is 0.335 e. The number of aliphatic hydroxyl groups is 1. The number of hydrogen-bond acceptors (Lipinski definition) is 5. The zero-order valence-electron chi connectivity index (χ0n) is 25.3. The summed E-state index contributed by atoms with van der Waals surface area (Å²) in [5.74, 6) is 6.69. The first-order valence-corrected chi connectivity index (χ1v) is 15.3. The molecule has 0 radical (unpaired) electrons. The van der Waals surface area contributed by atoms with Crippen molar-refractivity contribution < 1.29 is 24.2 Å². The van der Waals surface area contributed by atoms with Gasteiger partial charge in [-0.2, -0.15) is 0 Å². The fourth-order valence-corrected chi connectivity index (χ4v) is 5.35. The normalized spacial score (nSPS) is 16.9. The number of unbranched alkanes of at least 4 members (excludes halogenated alkanes) is 2. The van der Waals surface area contributed by atoms with Crippen LogP contribution < -0.4 is 0 Å². The van der Waals surface area contributed by atoms with Gasteiger partial charge in [0.25, 0.3) is 0 Å². The van der Waals surface area contributed by atoms with Crippen molar-refractivity contribution in [1.29, 1.82) is 0 Å². The van der Waals surface area contributed by atoms with Crippen LogP contribution in [-0.2, 0) is 25.5 Å². The molecule has 1 unspecified atom stereocenters. The van der Waals surface area contributed by atoms with Crippen molar-refractivity contribution in [2.45, 2.75) is 77.6 Å². The van der Waals surface area contributed by atoms with Crippen LogP contribution in [-0.4, -0.2) is 36.9 Å². The van der Waals surface area contributed by atoms with E-state index in [1.54, 1.807) is 6.92 Å². The van der Waals surface area contributed by atoms with Crippen LogP contribution in [0.1, 0.15) is 93.4 Å². The summed E-state index contributed by atoms with van der Waals surface area (Å²) in [6.45, 7) is 10.6. The highest BCUT2D eigenvalue weighted by molar-refractivity contribution is 5.88. The molecule has 2 aromatic rings. The molecule has 2 aromatic carbocycles. The van der Waals surface area contributed by atoms with E-state index >= 15 is 0 Å². The Morgan fingerprint density at radius 3 is 2.00 bits per heavy atom. The van der Waals surface area contributed by atoms with Gasteiger partial charge in [0.1, 0.15) is 0 Å². The molecule has 1 atom stereocenters. The third-order valence-electron chi connectivity index (χ3n) is 8.00. The first kappa shape index (κ1) is 32.9. The summed E-state index contributed by atoms with van der Waals surface area (Å²) >= 11 is 0. The lowest BCUT2D eigenvalue weighted by molar-refractivity contribution is -0.144. The number of benzene rings is 2. The summed E-state index contributed by atoms with van der Waals surface area (Å²) in [4.78, 5) is 23.8. The van der Waals surface area contributed by atoms with Gasteiger partial charge in [-0.05, 0) is 86.3 Å². The number of rotatable bonds is 14. The second kappa shape index (κ2) is 17.4. The first-order chi connectivity index (χ1) is 20.3. The molecule has 224 valence electrons. The second-order valence-electron chi connectivity index (χ2n) is 11.6. The Morgan fingerprint density at radius 2 is 1.45 bits per heavy atom. The molecule has 0 aromatic heterocycles. The molecule has 0 spiro atoms. The van der Waals surface area contributed by atoms with Gasteiger partial charge in [-0.3, -0.25) is 0 Å². The zero-order valence-corrected chi connectivity index (χ0v) is 25.3. The topological polar surface area (TPSA) is 72.8 Å². The second-order valence-corrected chi connectivity index (χ2v) is 11.6. The molecule has 5 nitrogen and oxygen atoms in total. The van der Waals surface area contributed by atoms with Crippen LogP contribution in [0.4, 0.5) is 0 Å². The van der Waals surface area contributed by atoms with E-state index in [2.05, 4.69) is 56.2 Å². The first-order valence-electron chi connectivity index (χ1n) is 15.3. The van der Waals surface area contributed by atoms with Crippen molar-refractivity contribution in [2.24, 2.45) is 11.8 Å². The Balaban J connectivity index is 1.54. The van der Waals surface area contributed by atoms with Gasteiger partial charge in [0.2, 0.25) is 0 Å². The van der Waals surface area contributed by atoms with Crippen LogP contribution in [0.3, 0.4) is 0 Å². The van der Waals surface area contributed by atoms with Gasteiger partial charge >= 0.3 is 11.9 Å². The van der Waals surface area contributed by atoms with Crippen molar-refractivity contribution >= 4 is 11.9 Å². The van der Waals surface area contributed by atoms with Gasteiger partial charge in [-0.25, -0.2) is 9.59 Å². The maximum absolute atomic E-state index is 11.9. The molecule has 42 heavy (non-hydrogen) atoms.